The lowest BCUT2D eigenvalue weighted by Crippen LogP contribution is -2.08. The third kappa shape index (κ3) is 2.42. The standard InChI is InChI=1S/C11H12ClN5O2/c1-2-16-10(6-13)14-15-11(16)8-4-3-7(12)5-9(8)17(18)19/h3-5H,2,6,13H2,1H3. The van der Waals surface area contributed by atoms with Gasteiger partial charge in [0.15, 0.2) is 5.82 Å². The van der Waals surface area contributed by atoms with Gasteiger partial charge in [-0.3, -0.25) is 10.1 Å². The van der Waals surface area contributed by atoms with E-state index in [9.17, 15) is 10.1 Å². The quantitative estimate of drug-likeness (QED) is 0.682. The van der Waals surface area contributed by atoms with Crippen molar-refractivity contribution in [3.63, 3.8) is 0 Å². The molecule has 19 heavy (non-hydrogen) atoms. The summed E-state index contributed by atoms with van der Waals surface area (Å²) < 4.78 is 1.75. The van der Waals surface area contributed by atoms with E-state index in [1.54, 1.807) is 16.7 Å². The molecule has 100 valence electrons. The van der Waals surface area contributed by atoms with Crippen molar-refractivity contribution in [2.24, 2.45) is 5.73 Å². The van der Waals surface area contributed by atoms with Gasteiger partial charge >= 0.3 is 0 Å². The van der Waals surface area contributed by atoms with Crippen LogP contribution in [0, 0.1) is 10.1 Å². The first kappa shape index (κ1) is 13.4. The summed E-state index contributed by atoms with van der Waals surface area (Å²) in [6, 6.07) is 4.45. The van der Waals surface area contributed by atoms with Gasteiger partial charge in [-0.2, -0.15) is 0 Å². The molecule has 0 saturated heterocycles. The highest BCUT2D eigenvalue weighted by atomic mass is 35.5. The largest absolute Gasteiger partial charge is 0.324 e. The number of nitrogens with two attached hydrogens (primary N) is 1. The van der Waals surface area contributed by atoms with Crippen LogP contribution >= 0.6 is 11.6 Å². The summed E-state index contributed by atoms with van der Waals surface area (Å²) in [5, 5.41) is 19.3. The van der Waals surface area contributed by atoms with Crippen LogP contribution in [0.15, 0.2) is 18.2 Å². The van der Waals surface area contributed by atoms with Crippen molar-refractivity contribution in [3.05, 3.63) is 39.2 Å². The van der Waals surface area contributed by atoms with Crippen LogP contribution in [-0.2, 0) is 13.1 Å². The number of rotatable bonds is 4. The van der Waals surface area contributed by atoms with Gasteiger partial charge in [0.25, 0.3) is 5.69 Å². The fourth-order valence-corrected chi connectivity index (χ4v) is 2.03. The number of halogens is 1. The Morgan fingerprint density at radius 2 is 2.21 bits per heavy atom. The molecule has 0 amide bonds. The SMILES string of the molecule is CCn1c(CN)nnc1-c1ccc(Cl)cc1[N+](=O)[O-]. The van der Waals surface area contributed by atoms with E-state index in [2.05, 4.69) is 10.2 Å². The molecular formula is C11H12ClN5O2. The van der Waals surface area contributed by atoms with E-state index < -0.39 is 4.92 Å². The minimum absolute atomic E-state index is 0.0989. The fourth-order valence-electron chi connectivity index (χ4n) is 1.86. The zero-order chi connectivity index (χ0) is 14.0. The summed E-state index contributed by atoms with van der Waals surface area (Å²) >= 11 is 5.79. The topological polar surface area (TPSA) is 99.9 Å². The normalized spacial score (nSPS) is 10.7. The lowest BCUT2D eigenvalue weighted by molar-refractivity contribution is -0.384. The van der Waals surface area contributed by atoms with Gasteiger partial charge in [0.05, 0.1) is 17.0 Å². The maximum absolute atomic E-state index is 11.1. The Bertz CT molecular complexity index is 626. The predicted octanol–water partition coefficient (Wildman–Crippen LogP) is 1.99. The molecule has 2 N–H and O–H groups in total. The zero-order valence-corrected chi connectivity index (χ0v) is 11.0. The number of hydrogen-bond donors (Lipinski definition) is 1. The Balaban J connectivity index is 2.65. The van der Waals surface area contributed by atoms with E-state index in [4.69, 9.17) is 17.3 Å². The molecule has 1 heterocycles. The molecule has 0 saturated carbocycles. The molecule has 0 atom stereocenters. The molecule has 0 aliphatic carbocycles. The molecule has 1 aromatic carbocycles. The Morgan fingerprint density at radius 3 is 2.79 bits per heavy atom. The summed E-state index contributed by atoms with van der Waals surface area (Å²) in [7, 11) is 0. The predicted molar refractivity (Wildman–Crippen MR) is 70.7 cm³/mol. The lowest BCUT2D eigenvalue weighted by Gasteiger charge is -2.07. The lowest BCUT2D eigenvalue weighted by atomic mass is 10.1. The monoisotopic (exact) mass is 281 g/mol. The molecule has 0 bridgehead atoms. The summed E-state index contributed by atoms with van der Waals surface area (Å²) in [4.78, 5) is 10.6. The Kier molecular flexibility index (Phi) is 3.77. The van der Waals surface area contributed by atoms with Gasteiger partial charge in [0, 0.05) is 17.6 Å². The van der Waals surface area contributed by atoms with Crippen LogP contribution in [-0.4, -0.2) is 19.7 Å². The average molecular weight is 282 g/mol. The van der Waals surface area contributed by atoms with E-state index in [1.807, 2.05) is 6.92 Å². The molecule has 0 fully saturated rings. The summed E-state index contributed by atoms with van der Waals surface area (Å²) in [5.41, 5.74) is 5.84. The van der Waals surface area contributed by atoms with E-state index in [0.717, 1.165) is 0 Å². The average Bonchev–Trinajstić information content (AvgIpc) is 2.81. The molecule has 0 aliphatic rings. The van der Waals surface area contributed by atoms with Crippen LogP contribution in [0.1, 0.15) is 12.7 Å². The third-order valence-electron chi connectivity index (χ3n) is 2.72. The van der Waals surface area contributed by atoms with E-state index >= 15 is 0 Å². The zero-order valence-electron chi connectivity index (χ0n) is 10.2. The van der Waals surface area contributed by atoms with Gasteiger partial charge in [-0.25, -0.2) is 0 Å². The molecule has 0 aliphatic heterocycles. The molecule has 0 unspecified atom stereocenters. The van der Waals surface area contributed by atoms with E-state index in [1.165, 1.54) is 6.07 Å². The molecule has 2 rings (SSSR count). The van der Waals surface area contributed by atoms with Gasteiger partial charge in [-0.1, -0.05) is 11.6 Å². The van der Waals surface area contributed by atoms with Crippen molar-refractivity contribution >= 4 is 17.3 Å². The van der Waals surface area contributed by atoms with Gasteiger partial charge < -0.3 is 10.3 Å². The molecule has 2 aromatic rings. The summed E-state index contributed by atoms with van der Waals surface area (Å²) in [6.45, 7) is 2.70. The molecular weight excluding hydrogens is 270 g/mol. The van der Waals surface area contributed by atoms with E-state index in [-0.39, 0.29) is 12.2 Å². The van der Waals surface area contributed by atoms with E-state index in [0.29, 0.717) is 28.8 Å². The van der Waals surface area contributed by atoms with Crippen LogP contribution in [0.3, 0.4) is 0 Å². The number of nitro groups is 1. The molecule has 1 aromatic heterocycles. The molecule has 0 radical (unpaired) electrons. The Labute approximate surface area is 114 Å². The molecule has 7 nitrogen and oxygen atoms in total. The highest BCUT2D eigenvalue weighted by Crippen LogP contribution is 2.31. The van der Waals surface area contributed by atoms with Crippen molar-refractivity contribution < 1.29 is 4.92 Å². The van der Waals surface area contributed by atoms with Crippen molar-refractivity contribution in [1.82, 2.24) is 14.8 Å². The smallest absolute Gasteiger partial charge is 0.281 e. The second kappa shape index (κ2) is 5.33. The van der Waals surface area contributed by atoms with Gasteiger partial charge in [-0.05, 0) is 19.1 Å². The minimum Gasteiger partial charge on any atom is -0.324 e. The molecule has 8 heteroatoms. The van der Waals surface area contributed by atoms with Crippen molar-refractivity contribution in [1.29, 1.82) is 0 Å². The maximum Gasteiger partial charge on any atom is 0.281 e. The second-order valence-corrected chi connectivity index (χ2v) is 4.24. The maximum atomic E-state index is 11.1. The van der Waals surface area contributed by atoms with Crippen LogP contribution < -0.4 is 5.73 Å². The summed E-state index contributed by atoms with van der Waals surface area (Å²) in [6.07, 6.45) is 0. The van der Waals surface area contributed by atoms with Crippen molar-refractivity contribution in [2.75, 3.05) is 0 Å². The van der Waals surface area contributed by atoms with Crippen molar-refractivity contribution in [2.45, 2.75) is 20.0 Å². The number of benzene rings is 1. The first-order valence-electron chi connectivity index (χ1n) is 5.65. The first-order valence-corrected chi connectivity index (χ1v) is 6.02. The molecule has 0 spiro atoms. The van der Waals surface area contributed by atoms with Gasteiger partial charge in [0.1, 0.15) is 5.82 Å². The highest BCUT2D eigenvalue weighted by molar-refractivity contribution is 6.30. The highest BCUT2D eigenvalue weighted by Gasteiger charge is 2.21. The van der Waals surface area contributed by atoms with Gasteiger partial charge in [0.2, 0.25) is 0 Å². The Hall–Kier alpha value is -1.99. The van der Waals surface area contributed by atoms with Gasteiger partial charge in [-0.15, -0.1) is 10.2 Å². The third-order valence-corrected chi connectivity index (χ3v) is 2.96. The van der Waals surface area contributed by atoms with Crippen LogP contribution in [0.2, 0.25) is 5.02 Å². The Morgan fingerprint density at radius 1 is 1.47 bits per heavy atom. The van der Waals surface area contributed by atoms with Crippen LogP contribution in [0.25, 0.3) is 11.4 Å². The fraction of sp³-hybridized carbons (Fsp3) is 0.273. The van der Waals surface area contributed by atoms with Crippen LogP contribution in [0.4, 0.5) is 5.69 Å². The number of nitro benzene ring substituents is 1. The second-order valence-electron chi connectivity index (χ2n) is 3.81. The minimum atomic E-state index is -0.488. The number of nitrogens with zero attached hydrogens (tertiary/aromatic N) is 4. The first-order chi connectivity index (χ1) is 9.08. The van der Waals surface area contributed by atoms with Crippen molar-refractivity contribution in [3.8, 4) is 11.4 Å². The van der Waals surface area contributed by atoms with Crippen LogP contribution in [0.5, 0.6) is 0 Å². The number of hydrogen-bond acceptors (Lipinski definition) is 5. The summed E-state index contributed by atoms with van der Waals surface area (Å²) in [5.74, 6) is 1.01. The number of aromatic nitrogens is 3.